The number of benzene rings is 2. The predicted molar refractivity (Wildman–Crippen MR) is 108 cm³/mol. The summed E-state index contributed by atoms with van der Waals surface area (Å²) < 4.78 is 41.2. The Hall–Kier alpha value is -1.61. The average molecular weight is 431 g/mol. The van der Waals surface area contributed by atoms with Crippen LogP contribution in [0.4, 0.5) is 10.1 Å². The molecule has 2 N–H and O–H groups in total. The van der Waals surface area contributed by atoms with Crippen LogP contribution in [0.3, 0.4) is 0 Å². The Kier molecular flexibility index (Phi) is 7.67. The second-order valence-electron chi connectivity index (χ2n) is 5.86. The van der Waals surface area contributed by atoms with E-state index in [1.54, 1.807) is 19.1 Å². The van der Waals surface area contributed by atoms with E-state index >= 15 is 0 Å². The molecule has 1 amide bonds. The van der Waals surface area contributed by atoms with Crippen LogP contribution >= 0.6 is 23.4 Å². The maximum absolute atomic E-state index is 13.7. The monoisotopic (exact) mass is 430 g/mol. The van der Waals surface area contributed by atoms with Gasteiger partial charge in [0, 0.05) is 10.7 Å². The fourth-order valence-corrected chi connectivity index (χ4v) is 4.08. The van der Waals surface area contributed by atoms with Gasteiger partial charge in [-0.15, -0.1) is 0 Å². The molecule has 0 saturated carbocycles. The largest absolute Gasteiger partial charge is 0.325 e. The van der Waals surface area contributed by atoms with Crippen molar-refractivity contribution in [1.82, 2.24) is 4.72 Å². The van der Waals surface area contributed by atoms with Crippen LogP contribution in [0.2, 0.25) is 5.02 Å². The summed E-state index contributed by atoms with van der Waals surface area (Å²) in [4.78, 5) is 12.6. The van der Waals surface area contributed by atoms with Crippen molar-refractivity contribution in [3.05, 3.63) is 58.9 Å². The first kappa shape index (κ1) is 21.7. The first-order valence-corrected chi connectivity index (χ1v) is 11.3. The van der Waals surface area contributed by atoms with Gasteiger partial charge in [0.15, 0.2) is 0 Å². The van der Waals surface area contributed by atoms with Gasteiger partial charge in [-0.2, -0.15) is 16.5 Å². The van der Waals surface area contributed by atoms with Crippen molar-refractivity contribution in [3.8, 4) is 0 Å². The van der Waals surface area contributed by atoms with Crippen LogP contribution in [-0.4, -0.2) is 32.4 Å². The smallest absolute Gasteiger partial charge is 0.242 e. The molecular formula is C18H20ClFN2O3S2. The summed E-state index contributed by atoms with van der Waals surface area (Å²) in [6, 6.07) is 8.96. The summed E-state index contributed by atoms with van der Waals surface area (Å²) in [5, 5.41) is 2.98. The van der Waals surface area contributed by atoms with Gasteiger partial charge < -0.3 is 5.32 Å². The van der Waals surface area contributed by atoms with Gasteiger partial charge in [0.1, 0.15) is 11.9 Å². The van der Waals surface area contributed by atoms with Crippen LogP contribution in [0.15, 0.2) is 47.4 Å². The normalized spacial score (nSPS) is 12.6. The molecule has 0 bridgehead atoms. The molecule has 0 radical (unpaired) electrons. The highest BCUT2D eigenvalue weighted by Gasteiger charge is 2.25. The van der Waals surface area contributed by atoms with Crippen molar-refractivity contribution in [2.24, 2.45) is 0 Å². The first-order chi connectivity index (χ1) is 12.7. The van der Waals surface area contributed by atoms with Gasteiger partial charge in [-0.3, -0.25) is 4.79 Å². The zero-order valence-electron chi connectivity index (χ0n) is 14.8. The molecule has 2 aromatic carbocycles. The van der Waals surface area contributed by atoms with Gasteiger partial charge >= 0.3 is 0 Å². The number of halogens is 2. The molecule has 2 rings (SSSR count). The molecule has 0 aromatic heterocycles. The molecule has 0 aliphatic heterocycles. The minimum absolute atomic E-state index is 0.00947. The fourth-order valence-electron chi connectivity index (χ4n) is 2.25. The molecule has 0 fully saturated rings. The molecule has 1 atom stereocenters. The van der Waals surface area contributed by atoms with Crippen molar-refractivity contribution in [1.29, 1.82) is 0 Å². The van der Waals surface area contributed by atoms with Gasteiger partial charge in [-0.05, 0) is 67.3 Å². The van der Waals surface area contributed by atoms with Crippen LogP contribution in [-0.2, 0) is 14.8 Å². The number of nitrogens with one attached hydrogen (secondary N) is 2. The molecule has 0 saturated heterocycles. The lowest BCUT2D eigenvalue weighted by molar-refractivity contribution is -0.117. The van der Waals surface area contributed by atoms with Crippen LogP contribution in [0, 0.1) is 12.7 Å². The van der Waals surface area contributed by atoms with Crippen LogP contribution in [0.5, 0.6) is 0 Å². The fraction of sp³-hybridized carbons (Fsp3) is 0.278. The molecule has 27 heavy (non-hydrogen) atoms. The van der Waals surface area contributed by atoms with Crippen molar-refractivity contribution >= 4 is 45.0 Å². The summed E-state index contributed by atoms with van der Waals surface area (Å²) in [6.45, 7) is 1.61. The zero-order valence-corrected chi connectivity index (χ0v) is 17.2. The highest BCUT2D eigenvalue weighted by Crippen LogP contribution is 2.17. The molecule has 0 aliphatic carbocycles. The maximum Gasteiger partial charge on any atom is 0.242 e. The Labute approximate surface area is 167 Å². The van der Waals surface area contributed by atoms with Crippen molar-refractivity contribution < 1.29 is 17.6 Å². The lowest BCUT2D eigenvalue weighted by atomic mass is 10.2. The Morgan fingerprint density at radius 1 is 1.22 bits per heavy atom. The van der Waals surface area contributed by atoms with E-state index in [2.05, 4.69) is 10.0 Å². The van der Waals surface area contributed by atoms with Gasteiger partial charge in [0.05, 0.1) is 4.90 Å². The van der Waals surface area contributed by atoms with Crippen LogP contribution in [0.1, 0.15) is 12.0 Å². The topological polar surface area (TPSA) is 75.3 Å². The Bertz CT molecular complexity index is 905. The van der Waals surface area contributed by atoms with E-state index in [9.17, 15) is 17.6 Å². The minimum atomic E-state index is -3.91. The van der Waals surface area contributed by atoms with Crippen molar-refractivity contribution in [2.45, 2.75) is 24.3 Å². The number of carbonyl (C=O) groups excluding carboxylic acids is 1. The number of rotatable bonds is 8. The predicted octanol–water partition coefficient (Wildman–Crippen LogP) is 3.83. The second-order valence-corrected chi connectivity index (χ2v) is 9.00. The third kappa shape index (κ3) is 6.21. The van der Waals surface area contributed by atoms with Crippen LogP contribution in [0.25, 0.3) is 0 Å². The molecule has 146 valence electrons. The Morgan fingerprint density at radius 3 is 2.48 bits per heavy atom. The molecule has 0 spiro atoms. The van der Waals surface area contributed by atoms with Gasteiger partial charge in [0.2, 0.25) is 15.9 Å². The number of carbonyl (C=O) groups is 1. The van der Waals surface area contributed by atoms with Crippen molar-refractivity contribution in [2.75, 3.05) is 17.3 Å². The van der Waals surface area contributed by atoms with E-state index in [0.717, 1.165) is 0 Å². The number of hydrogen-bond donors (Lipinski definition) is 2. The summed E-state index contributed by atoms with van der Waals surface area (Å²) in [7, 11) is -3.91. The summed E-state index contributed by atoms with van der Waals surface area (Å²) in [5.74, 6) is -0.427. The van der Waals surface area contributed by atoms with Gasteiger partial charge in [-0.25, -0.2) is 12.8 Å². The standard InChI is InChI=1S/C18H20ClFN2O3S2/c1-12-3-6-14(11-16(12)20)21-18(23)17(9-10-26-2)22-27(24,25)15-7-4-13(19)5-8-15/h3-8,11,17,22H,9-10H2,1-2H3,(H,21,23). The number of anilines is 1. The number of amides is 1. The third-order valence-electron chi connectivity index (χ3n) is 3.79. The first-order valence-electron chi connectivity index (χ1n) is 8.07. The van der Waals surface area contributed by atoms with E-state index in [4.69, 9.17) is 11.6 Å². The number of hydrogen-bond acceptors (Lipinski definition) is 4. The molecule has 5 nitrogen and oxygen atoms in total. The lowest BCUT2D eigenvalue weighted by Gasteiger charge is -2.18. The SMILES string of the molecule is CSCCC(NS(=O)(=O)c1ccc(Cl)cc1)C(=O)Nc1ccc(C)c(F)c1. The lowest BCUT2D eigenvalue weighted by Crippen LogP contribution is -2.44. The van der Waals surface area contributed by atoms with E-state index in [1.807, 2.05) is 6.26 Å². The highest BCUT2D eigenvalue weighted by atomic mass is 35.5. The average Bonchev–Trinajstić information content (AvgIpc) is 2.62. The van der Waals surface area contributed by atoms with Gasteiger partial charge in [-0.1, -0.05) is 17.7 Å². The summed E-state index contributed by atoms with van der Waals surface area (Å²) in [5.41, 5.74) is 0.721. The summed E-state index contributed by atoms with van der Waals surface area (Å²) >= 11 is 7.28. The van der Waals surface area contributed by atoms with Crippen molar-refractivity contribution in [3.63, 3.8) is 0 Å². The van der Waals surface area contributed by atoms with Gasteiger partial charge in [0.25, 0.3) is 0 Å². The molecule has 9 heteroatoms. The summed E-state index contributed by atoms with van der Waals surface area (Å²) in [6.07, 6.45) is 2.15. The number of sulfonamides is 1. The quantitative estimate of drug-likeness (QED) is 0.667. The number of aryl methyl sites for hydroxylation is 1. The second kappa shape index (κ2) is 9.54. The third-order valence-corrected chi connectivity index (χ3v) is 6.17. The molecular weight excluding hydrogens is 411 g/mol. The molecule has 2 aromatic rings. The molecule has 0 heterocycles. The minimum Gasteiger partial charge on any atom is -0.325 e. The van der Waals surface area contributed by atoms with E-state index in [-0.39, 0.29) is 17.0 Å². The highest BCUT2D eigenvalue weighted by molar-refractivity contribution is 7.98. The Balaban J connectivity index is 2.18. The van der Waals surface area contributed by atoms with E-state index < -0.39 is 27.8 Å². The Morgan fingerprint density at radius 2 is 1.89 bits per heavy atom. The zero-order chi connectivity index (χ0) is 20.0. The molecule has 1 unspecified atom stereocenters. The number of thioether (sulfide) groups is 1. The van der Waals surface area contributed by atoms with Crippen LogP contribution < -0.4 is 10.0 Å². The maximum atomic E-state index is 13.7. The van der Waals surface area contributed by atoms with E-state index in [0.29, 0.717) is 16.3 Å². The van der Waals surface area contributed by atoms with E-state index in [1.165, 1.54) is 42.1 Å². The molecule has 0 aliphatic rings.